The van der Waals surface area contributed by atoms with Crippen LogP contribution in [0.15, 0.2) is 34.9 Å². The monoisotopic (exact) mass is 270 g/mol. The Kier molecular flexibility index (Phi) is 2.78. The Bertz CT molecular complexity index is 542. The lowest BCUT2D eigenvalue weighted by molar-refractivity contribution is -0.852. The second-order valence-corrected chi connectivity index (χ2v) is 7.22. The molecule has 106 valence electrons. The lowest BCUT2D eigenvalue weighted by Gasteiger charge is -2.51. The van der Waals surface area contributed by atoms with E-state index in [-0.39, 0.29) is 0 Å². The van der Waals surface area contributed by atoms with Gasteiger partial charge in [-0.1, -0.05) is 18.2 Å². The summed E-state index contributed by atoms with van der Waals surface area (Å²) in [5, 5.41) is 0. The summed E-state index contributed by atoms with van der Waals surface area (Å²) >= 11 is 0. The summed E-state index contributed by atoms with van der Waals surface area (Å²) in [7, 11) is 2.15. The van der Waals surface area contributed by atoms with Crippen molar-refractivity contribution < 1.29 is 9.28 Å². The molecule has 3 aliphatic carbocycles. The molecular formula is C18H24NO+. The Labute approximate surface area is 121 Å². The van der Waals surface area contributed by atoms with Crippen molar-refractivity contribution in [3.8, 4) is 0 Å². The molecule has 1 heterocycles. The zero-order valence-electron chi connectivity index (χ0n) is 12.3. The minimum Gasteiger partial charge on any atom is -0.260 e. The van der Waals surface area contributed by atoms with Crippen molar-refractivity contribution >= 4 is 6.41 Å². The maximum absolute atomic E-state index is 11.7. The number of quaternary nitrogens is 1. The zero-order valence-corrected chi connectivity index (χ0v) is 12.3. The van der Waals surface area contributed by atoms with Gasteiger partial charge in [0.1, 0.15) is 6.04 Å². The second-order valence-electron chi connectivity index (χ2n) is 7.22. The van der Waals surface area contributed by atoms with Crippen LogP contribution in [0.25, 0.3) is 0 Å². The molecule has 0 N–H and O–H groups in total. The Hall–Kier alpha value is -1.15. The van der Waals surface area contributed by atoms with Gasteiger partial charge in [0.2, 0.25) is 0 Å². The topological polar surface area (TPSA) is 17.1 Å². The van der Waals surface area contributed by atoms with E-state index in [1.54, 1.807) is 16.7 Å². The quantitative estimate of drug-likeness (QED) is 0.527. The average molecular weight is 270 g/mol. The van der Waals surface area contributed by atoms with Gasteiger partial charge in [-0.15, -0.1) is 0 Å². The number of carbonyl (C=O) groups is 1. The first-order valence-corrected chi connectivity index (χ1v) is 8.14. The minimum absolute atomic E-state index is 0.468. The van der Waals surface area contributed by atoms with Crippen molar-refractivity contribution in [2.75, 3.05) is 13.6 Å². The lowest BCUT2D eigenvalue weighted by Crippen LogP contribution is -2.59. The Morgan fingerprint density at radius 1 is 1.30 bits per heavy atom. The molecule has 1 amide bonds. The summed E-state index contributed by atoms with van der Waals surface area (Å²) in [4.78, 5) is 11.7. The van der Waals surface area contributed by atoms with Gasteiger partial charge in [0.05, 0.1) is 13.6 Å². The van der Waals surface area contributed by atoms with Crippen LogP contribution in [0.1, 0.15) is 38.5 Å². The van der Waals surface area contributed by atoms with Gasteiger partial charge in [0, 0.05) is 12.8 Å². The Morgan fingerprint density at radius 3 is 3.05 bits per heavy atom. The summed E-state index contributed by atoms with van der Waals surface area (Å²) in [6, 6.07) is 0.468. The molecule has 0 spiro atoms. The first-order valence-electron chi connectivity index (χ1n) is 8.14. The molecule has 4 rings (SSSR count). The molecule has 20 heavy (non-hydrogen) atoms. The fraction of sp³-hybridized carbons (Fsp3) is 0.611. The standard InChI is InChI=1S/C18H24NO/c1-19(12-20)10-9-13-6-4-8-16-15-7-3-2-5-14(15)11-17(19)18(13)16/h2-3,7,12-14,17H,4-6,8-11H2,1H3/q+1. The van der Waals surface area contributed by atoms with Crippen molar-refractivity contribution in [1.82, 2.24) is 0 Å². The number of hydrogen-bond acceptors (Lipinski definition) is 1. The van der Waals surface area contributed by atoms with Crippen LogP contribution in [-0.2, 0) is 4.79 Å². The van der Waals surface area contributed by atoms with Crippen molar-refractivity contribution in [1.29, 1.82) is 0 Å². The van der Waals surface area contributed by atoms with Crippen LogP contribution in [-0.4, -0.2) is 30.5 Å². The first kappa shape index (κ1) is 12.6. The van der Waals surface area contributed by atoms with E-state index >= 15 is 0 Å². The number of nitrogens with zero attached hydrogens (tertiary/aromatic N) is 1. The van der Waals surface area contributed by atoms with Crippen molar-refractivity contribution in [3.63, 3.8) is 0 Å². The number of carbonyl (C=O) groups excluding carboxylic acids is 1. The van der Waals surface area contributed by atoms with Crippen molar-refractivity contribution in [2.45, 2.75) is 44.6 Å². The molecule has 4 aliphatic rings. The third kappa shape index (κ3) is 1.64. The molecule has 4 atom stereocenters. The SMILES string of the molecule is C[N+]1(C=O)CCC2CCCC3=C2C1CC1CC=CC=C31. The molecule has 4 unspecified atom stereocenters. The third-order valence-corrected chi connectivity index (χ3v) is 6.17. The largest absolute Gasteiger partial charge is 0.301 e. The number of hydrogen-bond donors (Lipinski definition) is 0. The molecule has 1 aliphatic heterocycles. The smallest absolute Gasteiger partial charge is 0.260 e. The van der Waals surface area contributed by atoms with Gasteiger partial charge in [-0.05, 0) is 54.2 Å². The van der Waals surface area contributed by atoms with Crippen LogP contribution in [0.2, 0.25) is 0 Å². The van der Waals surface area contributed by atoms with Crippen LogP contribution in [0.3, 0.4) is 0 Å². The van der Waals surface area contributed by atoms with Crippen LogP contribution >= 0.6 is 0 Å². The molecule has 1 saturated heterocycles. The number of allylic oxidation sites excluding steroid dienone is 5. The third-order valence-electron chi connectivity index (χ3n) is 6.17. The van der Waals surface area contributed by atoms with Crippen molar-refractivity contribution in [2.24, 2.45) is 11.8 Å². The minimum atomic E-state index is 0.468. The number of likely N-dealkylation sites (tertiary alicyclic amines) is 1. The first-order chi connectivity index (χ1) is 9.73. The fourth-order valence-electron chi connectivity index (χ4n) is 5.07. The number of piperidine rings is 1. The highest BCUT2D eigenvalue weighted by atomic mass is 16.1. The second kappa shape index (κ2) is 4.42. The Morgan fingerprint density at radius 2 is 2.20 bits per heavy atom. The molecule has 0 aromatic rings. The summed E-state index contributed by atoms with van der Waals surface area (Å²) < 4.78 is 0.628. The van der Waals surface area contributed by atoms with Gasteiger partial charge in [0.15, 0.2) is 0 Å². The summed E-state index contributed by atoms with van der Waals surface area (Å²) in [6.45, 7) is 1.04. The van der Waals surface area contributed by atoms with Crippen LogP contribution < -0.4 is 0 Å². The number of fused-ring (bicyclic) bond motifs is 2. The maximum atomic E-state index is 11.7. The predicted molar refractivity (Wildman–Crippen MR) is 79.8 cm³/mol. The molecular weight excluding hydrogens is 246 g/mol. The number of rotatable bonds is 1. The highest BCUT2D eigenvalue weighted by Gasteiger charge is 2.49. The number of likely N-dealkylation sites (N-methyl/N-ethyl adjacent to an activating group) is 1. The molecule has 2 nitrogen and oxygen atoms in total. The van der Waals surface area contributed by atoms with Gasteiger partial charge in [-0.3, -0.25) is 4.48 Å². The molecule has 1 fully saturated rings. The van der Waals surface area contributed by atoms with Gasteiger partial charge >= 0.3 is 6.41 Å². The van der Waals surface area contributed by atoms with E-state index < -0.39 is 0 Å². The van der Waals surface area contributed by atoms with Crippen molar-refractivity contribution in [3.05, 3.63) is 34.9 Å². The van der Waals surface area contributed by atoms with Crippen LogP contribution in [0.5, 0.6) is 0 Å². The maximum Gasteiger partial charge on any atom is 0.301 e. The predicted octanol–water partition coefficient (Wildman–Crippen LogP) is 3.36. The van der Waals surface area contributed by atoms with Crippen LogP contribution in [0, 0.1) is 11.8 Å². The molecule has 0 saturated carbocycles. The van der Waals surface area contributed by atoms with E-state index in [1.165, 1.54) is 44.9 Å². The highest BCUT2D eigenvalue weighted by Crippen LogP contribution is 2.51. The molecule has 0 radical (unpaired) electrons. The van der Waals surface area contributed by atoms with E-state index in [1.807, 2.05) is 0 Å². The van der Waals surface area contributed by atoms with E-state index in [9.17, 15) is 4.79 Å². The number of amides is 1. The van der Waals surface area contributed by atoms with E-state index in [0.29, 0.717) is 16.4 Å². The fourth-order valence-corrected chi connectivity index (χ4v) is 5.07. The summed E-state index contributed by atoms with van der Waals surface area (Å²) in [5.74, 6) is 1.43. The van der Waals surface area contributed by atoms with Gasteiger partial charge in [-0.2, -0.15) is 0 Å². The molecule has 0 aromatic carbocycles. The van der Waals surface area contributed by atoms with Gasteiger partial charge in [-0.25, -0.2) is 4.79 Å². The van der Waals surface area contributed by atoms with Crippen LogP contribution in [0.4, 0.5) is 0 Å². The normalized spacial score (nSPS) is 42.6. The molecule has 0 aromatic heterocycles. The summed E-state index contributed by atoms with van der Waals surface area (Å²) in [6.07, 6.45) is 15.6. The van der Waals surface area contributed by atoms with Gasteiger partial charge < -0.3 is 0 Å². The summed E-state index contributed by atoms with van der Waals surface area (Å²) in [5.41, 5.74) is 4.94. The Balaban J connectivity index is 1.87. The van der Waals surface area contributed by atoms with E-state index in [4.69, 9.17) is 0 Å². The van der Waals surface area contributed by atoms with E-state index in [0.717, 1.165) is 12.5 Å². The van der Waals surface area contributed by atoms with E-state index in [2.05, 4.69) is 25.3 Å². The zero-order chi connectivity index (χ0) is 13.7. The molecule has 0 bridgehead atoms. The lowest BCUT2D eigenvalue weighted by atomic mass is 9.63. The highest BCUT2D eigenvalue weighted by molar-refractivity contribution is 5.50. The average Bonchev–Trinajstić information content (AvgIpc) is 2.51. The molecule has 2 heteroatoms. The van der Waals surface area contributed by atoms with Gasteiger partial charge in [0.25, 0.3) is 0 Å².